The lowest BCUT2D eigenvalue weighted by Crippen LogP contribution is -2.50. The first-order valence-corrected chi connectivity index (χ1v) is 10.4. The summed E-state index contributed by atoms with van der Waals surface area (Å²) in [6, 6.07) is 16.3. The molecule has 0 saturated carbocycles. The minimum absolute atomic E-state index is 0.0442. The van der Waals surface area contributed by atoms with Crippen LogP contribution in [0.3, 0.4) is 0 Å². The highest BCUT2D eigenvalue weighted by atomic mass is 16.5. The van der Waals surface area contributed by atoms with Crippen molar-refractivity contribution >= 4 is 22.7 Å². The maximum Gasteiger partial charge on any atom is 0.230 e. The van der Waals surface area contributed by atoms with Gasteiger partial charge in [-0.25, -0.2) is 0 Å². The van der Waals surface area contributed by atoms with E-state index in [0.29, 0.717) is 0 Å². The maximum atomic E-state index is 12.8. The maximum absolute atomic E-state index is 12.8. The topological polar surface area (TPSA) is 52.8 Å². The largest absolute Gasteiger partial charge is 0.354 e. The van der Waals surface area contributed by atoms with E-state index in [1.54, 1.807) is 0 Å². The summed E-state index contributed by atoms with van der Waals surface area (Å²) in [6.07, 6.45) is 0. The molecule has 3 heterocycles. The van der Waals surface area contributed by atoms with Crippen LogP contribution in [0.4, 0.5) is 5.82 Å². The quantitative estimate of drug-likeness (QED) is 0.685. The summed E-state index contributed by atoms with van der Waals surface area (Å²) in [5, 5.41) is 5.36. The number of piperazine rings is 1. The van der Waals surface area contributed by atoms with Gasteiger partial charge in [-0.3, -0.25) is 9.69 Å². The van der Waals surface area contributed by atoms with Crippen molar-refractivity contribution in [2.45, 2.75) is 19.4 Å². The van der Waals surface area contributed by atoms with Gasteiger partial charge >= 0.3 is 0 Å². The summed E-state index contributed by atoms with van der Waals surface area (Å²) in [5.74, 6) is 1.14. The van der Waals surface area contributed by atoms with Crippen LogP contribution in [0.2, 0.25) is 0 Å². The highest BCUT2D eigenvalue weighted by molar-refractivity contribution is 5.88. The summed E-state index contributed by atoms with van der Waals surface area (Å²) < 4.78 is 5.46. The number of benzene rings is 2. The molecule has 2 aliphatic heterocycles. The van der Waals surface area contributed by atoms with Crippen LogP contribution in [-0.2, 0) is 11.3 Å². The second-order valence-electron chi connectivity index (χ2n) is 8.01. The van der Waals surface area contributed by atoms with Crippen molar-refractivity contribution in [3.8, 4) is 0 Å². The molecular weight excluding hydrogens is 364 g/mol. The Labute approximate surface area is 170 Å². The average molecular weight is 390 g/mol. The van der Waals surface area contributed by atoms with E-state index in [0.717, 1.165) is 62.6 Å². The smallest absolute Gasteiger partial charge is 0.230 e. The number of amides is 1. The van der Waals surface area contributed by atoms with Crippen LogP contribution in [-0.4, -0.2) is 60.1 Å². The SMILES string of the molecule is CC1C(=O)N(CCN2CCN(c3noc4ccccc34)CC2)Cc2ccccc21. The predicted molar refractivity (Wildman–Crippen MR) is 113 cm³/mol. The fourth-order valence-corrected chi connectivity index (χ4v) is 4.53. The lowest BCUT2D eigenvalue weighted by molar-refractivity contribution is -0.134. The Bertz CT molecular complexity index is 1020. The summed E-state index contributed by atoms with van der Waals surface area (Å²) in [5.41, 5.74) is 3.30. The molecule has 0 aliphatic carbocycles. The molecule has 1 saturated heterocycles. The Kier molecular flexibility index (Phi) is 4.72. The normalized spacial score (nSPS) is 20.3. The zero-order valence-corrected chi connectivity index (χ0v) is 16.8. The second kappa shape index (κ2) is 7.52. The monoisotopic (exact) mass is 390 g/mol. The lowest BCUT2D eigenvalue weighted by atomic mass is 9.90. The number of hydrogen-bond donors (Lipinski definition) is 0. The van der Waals surface area contributed by atoms with Crippen LogP contribution >= 0.6 is 0 Å². The molecule has 29 heavy (non-hydrogen) atoms. The van der Waals surface area contributed by atoms with Crippen molar-refractivity contribution < 1.29 is 9.32 Å². The molecule has 0 bridgehead atoms. The van der Waals surface area contributed by atoms with Crippen LogP contribution < -0.4 is 4.90 Å². The zero-order chi connectivity index (χ0) is 19.8. The van der Waals surface area contributed by atoms with Crippen LogP contribution in [0, 0.1) is 0 Å². The molecule has 1 atom stereocenters. The summed E-state index contributed by atoms with van der Waals surface area (Å²) in [4.78, 5) is 19.5. The summed E-state index contributed by atoms with van der Waals surface area (Å²) in [7, 11) is 0. The molecule has 1 unspecified atom stereocenters. The van der Waals surface area contributed by atoms with Crippen LogP contribution in [0.1, 0.15) is 24.0 Å². The van der Waals surface area contributed by atoms with Gasteiger partial charge in [0.15, 0.2) is 11.4 Å². The van der Waals surface area contributed by atoms with Crippen molar-refractivity contribution in [3.05, 3.63) is 59.7 Å². The van der Waals surface area contributed by atoms with Crippen LogP contribution in [0.15, 0.2) is 53.1 Å². The van der Waals surface area contributed by atoms with Crippen molar-refractivity contribution in [3.63, 3.8) is 0 Å². The molecule has 2 aromatic carbocycles. The first kappa shape index (κ1) is 18.2. The Morgan fingerprint density at radius 2 is 1.76 bits per heavy atom. The number of carbonyl (C=O) groups is 1. The number of aromatic nitrogens is 1. The third-order valence-electron chi connectivity index (χ3n) is 6.28. The van der Waals surface area contributed by atoms with Gasteiger partial charge in [0.25, 0.3) is 0 Å². The molecule has 0 N–H and O–H groups in total. The van der Waals surface area contributed by atoms with Gasteiger partial charge in [-0.05, 0) is 30.2 Å². The summed E-state index contributed by atoms with van der Waals surface area (Å²) in [6.45, 7) is 8.22. The van der Waals surface area contributed by atoms with E-state index in [9.17, 15) is 4.79 Å². The second-order valence-corrected chi connectivity index (χ2v) is 8.01. The average Bonchev–Trinajstić information content (AvgIpc) is 3.20. The van der Waals surface area contributed by atoms with E-state index in [4.69, 9.17) is 4.52 Å². The molecule has 1 amide bonds. The first-order valence-electron chi connectivity index (χ1n) is 10.4. The van der Waals surface area contributed by atoms with E-state index in [1.807, 2.05) is 36.1 Å². The highest BCUT2D eigenvalue weighted by Gasteiger charge is 2.30. The van der Waals surface area contributed by atoms with Gasteiger partial charge in [0.2, 0.25) is 5.91 Å². The van der Waals surface area contributed by atoms with Crippen LogP contribution in [0.5, 0.6) is 0 Å². The molecule has 2 aliphatic rings. The number of rotatable bonds is 4. The van der Waals surface area contributed by atoms with E-state index in [2.05, 4.69) is 39.2 Å². The number of carbonyl (C=O) groups excluding carboxylic acids is 1. The standard InChI is InChI=1S/C23H26N4O2/c1-17-19-7-3-2-6-18(19)16-27(23(17)28)15-12-25-10-13-26(14-11-25)22-20-8-4-5-9-21(20)29-24-22/h2-9,17H,10-16H2,1H3. The van der Waals surface area contributed by atoms with E-state index < -0.39 is 0 Å². The van der Waals surface area contributed by atoms with Crippen LogP contribution in [0.25, 0.3) is 11.0 Å². The fraction of sp³-hybridized carbons (Fsp3) is 0.391. The Morgan fingerprint density at radius 1 is 1.00 bits per heavy atom. The molecule has 3 aromatic rings. The number of para-hydroxylation sites is 1. The van der Waals surface area contributed by atoms with Crippen molar-refractivity contribution in [2.24, 2.45) is 0 Å². The molecule has 6 nitrogen and oxygen atoms in total. The first-order chi connectivity index (χ1) is 14.2. The van der Waals surface area contributed by atoms with Crippen molar-refractivity contribution in [1.82, 2.24) is 15.0 Å². The highest BCUT2D eigenvalue weighted by Crippen LogP contribution is 2.29. The van der Waals surface area contributed by atoms with Gasteiger partial charge in [-0.2, -0.15) is 0 Å². The Balaban J connectivity index is 1.18. The Hall–Kier alpha value is -2.86. The molecular formula is C23H26N4O2. The van der Waals surface area contributed by atoms with E-state index in [1.165, 1.54) is 11.1 Å². The third-order valence-corrected chi connectivity index (χ3v) is 6.28. The Morgan fingerprint density at radius 3 is 2.62 bits per heavy atom. The zero-order valence-electron chi connectivity index (χ0n) is 16.8. The summed E-state index contributed by atoms with van der Waals surface area (Å²) >= 11 is 0. The van der Waals surface area contributed by atoms with Crippen molar-refractivity contribution in [2.75, 3.05) is 44.2 Å². The van der Waals surface area contributed by atoms with Gasteiger partial charge in [0, 0.05) is 45.8 Å². The number of nitrogens with zero attached hydrogens (tertiary/aromatic N) is 4. The predicted octanol–water partition coefficient (Wildman–Crippen LogP) is 3.10. The van der Waals surface area contributed by atoms with Crippen molar-refractivity contribution in [1.29, 1.82) is 0 Å². The minimum atomic E-state index is -0.0442. The molecule has 6 heteroatoms. The van der Waals surface area contributed by atoms with Gasteiger partial charge in [0.05, 0.1) is 11.3 Å². The van der Waals surface area contributed by atoms with Gasteiger partial charge in [-0.15, -0.1) is 0 Å². The molecule has 1 fully saturated rings. The van der Waals surface area contributed by atoms with Gasteiger partial charge in [0.1, 0.15) is 0 Å². The minimum Gasteiger partial charge on any atom is -0.354 e. The molecule has 0 radical (unpaired) electrons. The van der Waals surface area contributed by atoms with E-state index in [-0.39, 0.29) is 11.8 Å². The molecule has 1 aromatic heterocycles. The lowest BCUT2D eigenvalue weighted by Gasteiger charge is -2.37. The molecule has 0 spiro atoms. The fourth-order valence-electron chi connectivity index (χ4n) is 4.53. The number of anilines is 1. The number of fused-ring (bicyclic) bond motifs is 2. The number of hydrogen-bond acceptors (Lipinski definition) is 5. The third kappa shape index (κ3) is 3.38. The van der Waals surface area contributed by atoms with E-state index >= 15 is 0 Å². The van der Waals surface area contributed by atoms with Gasteiger partial charge in [-0.1, -0.05) is 41.6 Å². The van der Waals surface area contributed by atoms with Gasteiger partial charge < -0.3 is 14.3 Å². The molecule has 150 valence electrons. The molecule has 5 rings (SSSR count).